The van der Waals surface area contributed by atoms with Gasteiger partial charge in [0.1, 0.15) is 5.75 Å². The molecule has 0 saturated heterocycles. The first kappa shape index (κ1) is 44.7. The van der Waals surface area contributed by atoms with E-state index in [2.05, 4.69) is 99.2 Å². The topological polar surface area (TPSA) is 153 Å². The zero-order chi connectivity index (χ0) is 42.5. The van der Waals surface area contributed by atoms with Crippen molar-refractivity contribution in [2.24, 2.45) is 5.10 Å². The molecule has 0 fully saturated rings. The lowest BCUT2D eigenvalue weighted by atomic mass is 9.76. The van der Waals surface area contributed by atoms with Crippen LogP contribution in [0.5, 0.6) is 5.75 Å². The van der Waals surface area contributed by atoms with Crippen molar-refractivity contribution in [3.8, 4) is 5.75 Å². The summed E-state index contributed by atoms with van der Waals surface area (Å²) in [5, 5.41) is 20.1. The fourth-order valence-electron chi connectivity index (χ4n) is 6.11. The van der Waals surface area contributed by atoms with Crippen molar-refractivity contribution in [2.75, 3.05) is 35.3 Å². The van der Waals surface area contributed by atoms with Gasteiger partial charge in [-0.15, -0.1) is 5.10 Å². The van der Waals surface area contributed by atoms with Crippen LogP contribution in [-0.2, 0) is 25.2 Å². The third-order valence-corrected chi connectivity index (χ3v) is 10.3. The van der Waals surface area contributed by atoms with Crippen molar-refractivity contribution in [3.63, 3.8) is 0 Å². The minimum atomic E-state index is -1.95. The highest BCUT2D eigenvalue weighted by Gasteiger charge is 2.54. The first-order valence-electron chi connectivity index (χ1n) is 19.9. The van der Waals surface area contributed by atoms with Crippen LogP contribution in [-0.4, -0.2) is 54.8 Å². The van der Waals surface area contributed by atoms with E-state index in [4.69, 9.17) is 4.74 Å². The molecule has 0 bridgehead atoms. The molecule has 5 rings (SSSR count). The third kappa shape index (κ3) is 11.1. The largest absolute Gasteiger partial charge is 0.483 e. The molecule has 1 unspecified atom stereocenters. The van der Waals surface area contributed by atoms with Crippen molar-refractivity contribution >= 4 is 46.5 Å². The van der Waals surface area contributed by atoms with Gasteiger partial charge < -0.3 is 31.3 Å². The van der Waals surface area contributed by atoms with E-state index in [0.29, 0.717) is 22.8 Å². The molecule has 1 atom stereocenters. The van der Waals surface area contributed by atoms with Crippen LogP contribution < -0.4 is 36.3 Å². The van der Waals surface area contributed by atoms with Gasteiger partial charge in [-0.1, -0.05) is 110 Å². The molecule has 0 radical (unpaired) electrons. The Morgan fingerprint density at radius 1 is 0.741 bits per heavy atom. The molecule has 308 valence electrons. The SMILES string of the molecule is CCC(C)(C)c1ccc(OCC(=O)Nc2cccc(C(=O)NC3=NN(c4ccccc4)C(=O)C3(NC(C)=O)Nc3ccccc3)c2)c(C(C)(C)CC)c1.CCNCC. The molecule has 0 aromatic heterocycles. The number of anilines is 3. The van der Waals surface area contributed by atoms with Crippen LogP contribution >= 0.6 is 0 Å². The smallest absolute Gasteiger partial charge is 0.302 e. The van der Waals surface area contributed by atoms with Gasteiger partial charge in [0.2, 0.25) is 5.91 Å². The minimum Gasteiger partial charge on any atom is -0.483 e. The van der Waals surface area contributed by atoms with Crippen molar-refractivity contribution in [3.05, 3.63) is 120 Å². The normalized spacial score (nSPS) is 15.1. The minimum absolute atomic E-state index is 0.00318. The van der Waals surface area contributed by atoms with E-state index in [1.54, 1.807) is 72.8 Å². The van der Waals surface area contributed by atoms with E-state index in [9.17, 15) is 19.2 Å². The number of nitrogens with zero attached hydrogens (tertiary/aromatic N) is 2. The Bertz CT molecular complexity index is 2070. The Morgan fingerprint density at radius 2 is 1.36 bits per heavy atom. The number of amides is 4. The number of carbonyl (C=O) groups is 4. The van der Waals surface area contributed by atoms with E-state index in [0.717, 1.165) is 36.5 Å². The summed E-state index contributed by atoms with van der Waals surface area (Å²) in [6.07, 6.45) is 1.87. The predicted octanol–water partition coefficient (Wildman–Crippen LogP) is 7.73. The highest BCUT2D eigenvalue weighted by Crippen LogP contribution is 2.38. The van der Waals surface area contributed by atoms with Crippen LogP contribution in [0.2, 0.25) is 0 Å². The average Bonchev–Trinajstić information content (AvgIpc) is 3.46. The maximum Gasteiger partial charge on any atom is 0.302 e. The number of ether oxygens (including phenoxy) is 1. The molecule has 1 aliphatic rings. The number of rotatable bonds is 15. The van der Waals surface area contributed by atoms with Gasteiger partial charge in [-0.25, -0.2) is 0 Å². The Morgan fingerprint density at radius 3 is 1.95 bits per heavy atom. The summed E-state index contributed by atoms with van der Waals surface area (Å²) in [6, 6.07) is 30.1. The number of hydrogen-bond donors (Lipinski definition) is 5. The Kier molecular flexibility index (Phi) is 15.3. The van der Waals surface area contributed by atoms with E-state index in [-0.39, 0.29) is 28.8 Å². The standard InChI is InChI=1S/C42H48N6O5.C4H11N/c1-8-40(4,5)30-23-24-35(34(26-30)41(6,7)9-2)53-27-36(50)43-32-20-16-17-29(25-32)37(51)44-38-42(45-28(3)49,46-31-18-12-10-13-19-31)39(52)48(47-38)33-21-14-11-15-22-33;1-3-5-4-2/h10-26,46H,8-9,27H2,1-7H3,(H,43,50)(H,45,49)(H,44,47,51);5H,3-4H2,1-2H3. The number of para-hydroxylation sites is 2. The first-order valence-corrected chi connectivity index (χ1v) is 19.9. The van der Waals surface area contributed by atoms with Gasteiger partial charge in [0.15, 0.2) is 12.4 Å². The van der Waals surface area contributed by atoms with Gasteiger partial charge in [-0.05, 0) is 90.9 Å². The summed E-state index contributed by atoms with van der Waals surface area (Å²) >= 11 is 0. The Hall–Kier alpha value is -6.01. The molecule has 0 saturated carbocycles. The van der Waals surface area contributed by atoms with E-state index in [1.165, 1.54) is 18.6 Å². The molecule has 4 aromatic rings. The second kappa shape index (κ2) is 19.9. The van der Waals surface area contributed by atoms with Gasteiger partial charge in [-0.2, -0.15) is 5.01 Å². The Labute approximate surface area is 343 Å². The van der Waals surface area contributed by atoms with Gasteiger partial charge in [-0.3, -0.25) is 19.2 Å². The molecule has 4 aromatic carbocycles. The molecule has 5 N–H and O–H groups in total. The van der Waals surface area contributed by atoms with Crippen LogP contribution in [0.25, 0.3) is 0 Å². The highest BCUT2D eigenvalue weighted by atomic mass is 16.5. The molecule has 4 amide bonds. The molecule has 12 heteroatoms. The molecule has 0 aliphatic carbocycles. The van der Waals surface area contributed by atoms with E-state index < -0.39 is 29.3 Å². The third-order valence-electron chi connectivity index (χ3n) is 10.3. The first-order chi connectivity index (χ1) is 27.6. The van der Waals surface area contributed by atoms with Gasteiger partial charge in [0.05, 0.1) is 5.69 Å². The van der Waals surface area contributed by atoms with Crippen LogP contribution in [0.4, 0.5) is 17.1 Å². The second-order valence-corrected chi connectivity index (χ2v) is 15.3. The average molecular weight is 790 g/mol. The lowest BCUT2D eigenvalue weighted by Gasteiger charge is -2.31. The van der Waals surface area contributed by atoms with Crippen molar-refractivity contribution in [1.82, 2.24) is 16.0 Å². The summed E-state index contributed by atoms with van der Waals surface area (Å²) < 4.78 is 6.10. The van der Waals surface area contributed by atoms with Crippen LogP contribution in [0, 0.1) is 0 Å². The van der Waals surface area contributed by atoms with Gasteiger partial charge in [0, 0.05) is 29.4 Å². The van der Waals surface area contributed by atoms with Gasteiger partial charge >= 0.3 is 5.91 Å². The van der Waals surface area contributed by atoms with E-state index in [1.807, 2.05) is 12.1 Å². The molecule has 58 heavy (non-hydrogen) atoms. The molecular formula is C46H59N7O5. The van der Waals surface area contributed by atoms with Crippen molar-refractivity contribution in [2.45, 2.75) is 91.6 Å². The fraction of sp³-hybridized carbons (Fsp3) is 0.370. The predicted molar refractivity (Wildman–Crippen MR) is 233 cm³/mol. The highest BCUT2D eigenvalue weighted by molar-refractivity contribution is 6.28. The molecule has 12 nitrogen and oxygen atoms in total. The van der Waals surface area contributed by atoms with Crippen LogP contribution in [0.15, 0.2) is 108 Å². The summed E-state index contributed by atoms with van der Waals surface area (Å²) in [7, 11) is 0. The monoisotopic (exact) mass is 789 g/mol. The van der Waals surface area contributed by atoms with Crippen LogP contribution in [0.3, 0.4) is 0 Å². The summed E-state index contributed by atoms with van der Waals surface area (Å²) in [5.74, 6) is -1.67. The lowest BCUT2D eigenvalue weighted by molar-refractivity contribution is -0.127. The maximum absolute atomic E-state index is 14.1. The number of hydrazone groups is 1. The quantitative estimate of drug-likeness (QED) is 0.0773. The zero-order valence-corrected chi connectivity index (χ0v) is 35.3. The molecular weight excluding hydrogens is 731 g/mol. The number of nitrogens with one attached hydrogen (secondary N) is 5. The summed E-state index contributed by atoms with van der Waals surface area (Å²) in [5.41, 5.74) is 1.62. The zero-order valence-electron chi connectivity index (χ0n) is 35.3. The van der Waals surface area contributed by atoms with Crippen molar-refractivity contribution in [1.29, 1.82) is 0 Å². The summed E-state index contributed by atoms with van der Waals surface area (Å²) in [4.78, 5) is 53.7. The Balaban J connectivity index is 0.00000140. The number of benzene rings is 4. The van der Waals surface area contributed by atoms with E-state index >= 15 is 0 Å². The number of hydrogen-bond acceptors (Lipinski definition) is 8. The molecule has 1 heterocycles. The number of amidine groups is 1. The second-order valence-electron chi connectivity index (χ2n) is 15.3. The number of carbonyl (C=O) groups excluding carboxylic acids is 4. The summed E-state index contributed by atoms with van der Waals surface area (Å²) in [6.45, 7) is 20.5. The lowest BCUT2D eigenvalue weighted by Crippen LogP contribution is -2.67. The van der Waals surface area contributed by atoms with Gasteiger partial charge in [0.25, 0.3) is 17.5 Å². The fourth-order valence-corrected chi connectivity index (χ4v) is 6.11. The molecule has 0 spiro atoms. The molecule has 1 aliphatic heterocycles. The van der Waals surface area contributed by atoms with Crippen molar-refractivity contribution < 1.29 is 23.9 Å². The maximum atomic E-state index is 14.1. The van der Waals surface area contributed by atoms with Crippen LogP contribution in [0.1, 0.15) is 96.6 Å².